The molecule has 0 saturated carbocycles. The molecule has 0 aliphatic carbocycles. The second-order valence-corrected chi connectivity index (χ2v) is 5.98. The van der Waals surface area contributed by atoms with E-state index in [1.54, 1.807) is 0 Å². The van der Waals surface area contributed by atoms with Crippen molar-refractivity contribution in [2.45, 2.75) is 39.7 Å². The zero-order valence-electron chi connectivity index (χ0n) is 13.2. The second-order valence-electron chi connectivity index (χ2n) is 5.98. The van der Waals surface area contributed by atoms with Crippen LogP contribution in [-0.2, 0) is 6.54 Å². The maximum atomic E-state index is 4.89. The van der Waals surface area contributed by atoms with Gasteiger partial charge in [-0.1, -0.05) is 26.3 Å². The molecule has 21 heavy (non-hydrogen) atoms. The number of aromatic nitrogens is 2. The fourth-order valence-corrected chi connectivity index (χ4v) is 3.36. The van der Waals surface area contributed by atoms with Gasteiger partial charge in [-0.2, -0.15) is 0 Å². The summed E-state index contributed by atoms with van der Waals surface area (Å²) < 4.78 is 2.23. The van der Waals surface area contributed by atoms with Gasteiger partial charge in [0, 0.05) is 25.8 Å². The Morgan fingerprint density at radius 2 is 2.24 bits per heavy atom. The highest BCUT2D eigenvalue weighted by molar-refractivity contribution is 5.56. The van der Waals surface area contributed by atoms with Gasteiger partial charge in [0.2, 0.25) is 0 Å². The van der Waals surface area contributed by atoms with E-state index in [0.29, 0.717) is 0 Å². The Morgan fingerprint density at radius 3 is 3.05 bits per heavy atom. The molecule has 1 saturated heterocycles. The van der Waals surface area contributed by atoms with Crippen LogP contribution in [0.15, 0.2) is 24.4 Å². The summed E-state index contributed by atoms with van der Waals surface area (Å²) in [6, 6.07) is 6.24. The third kappa shape index (κ3) is 2.91. The van der Waals surface area contributed by atoms with Gasteiger partial charge < -0.3 is 14.6 Å². The zero-order valence-corrected chi connectivity index (χ0v) is 13.2. The van der Waals surface area contributed by atoms with Crippen LogP contribution in [0.5, 0.6) is 0 Å². The lowest BCUT2D eigenvalue weighted by molar-refractivity contribution is 0.529. The van der Waals surface area contributed by atoms with Gasteiger partial charge in [-0.05, 0) is 37.4 Å². The molecule has 1 atom stereocenters. The summed E-state index contributed by atoms with van der Waals surface area (Å²) in [5.41, 5.74) is 2.35. The minimum Gasteiger partial charge on any atom is -0.355 e. The third-order valence-corrected chi connectivity index (χ3v) is 4.43. The van der Waals surface area contributed by atoms with Crippen LogP contribution in [0.25, 0.3) is 5.65 Å². The number of fused-ring (bicyclic) bond motifs is 1. The SMILES string of the molecule is CCCC1CCN(c2nc3ccccn3c2CNCC)C1. The van der Waals surface area contributed by atoms with Crippen molar-refractivity contribution in [3.05, 3.63) is 30.1 Å². The maximum Gasteiger partial charge on any atom is 0.152 e. The first-order chi connectivity index (χ1) is 10.3. The quantitative estimate of drug-likeness (QED) is 0.886. The predicted molar refractivity (Wildman–Crippen MR) is 87.8 cm³/mol. The number of nitrogens with one attached hydrogen (secondary N) is 1. The Hall–Kier alpha value is -1.55. The Labute approximate surface area is 127 Å². The van der Waals surface area contributed by atoms with E-state index < -0.39 is 0 Å². The van der Waals surface area contributed by atoms with Crippen molar-refractivity contribution >= 4 is 11.5 Å². The molecule has 0 bridgehead atoms. The van der Waals surface area contributed by atoms with Crippen LogP contribution in [0.4, 0.5) is 5.82 Å². The number of nitrogens with zero attached hydrogens (tertiary/aromatic N) is 3. The first-order valence-electron chi connectivity index (χ1n) is 8.25. The summed E-state index contributed by atoms with van der Waals surface area (Å²) in [5.74, 6) is 2.02. The van der Waals surface area contributed by atoms with Crippen LogP contribution in [-0.4, -0.2) is 29.0 Å². The molecule has 1 fully saturated rings. The van der Waals surface area contributed by atoms with E-state index in [-0.39, 0.29) is 0 Å². The molecule has 1 N–H and O–H groups in total. The van der Waals surface area contributed by atoms with Gasteiger partial charge >= 0.3 is 0 Å². The van der Waals surface area contributed by atoms with Gasteiger partial charge in [0.1, 0.15) is 5.65 Å². The molecular weight excluding hydrogens is 260 g/mol. The molecule has 3 heterocycles. The number of pyridine rings is 1. The van der Waals surface area contributed by atoms with Gasteiger partial charge in [-0.15, -0.1) is 0 Å². The molecule has 114 valence electrons. The molecule has 2 aromatic heterocycles. The van der Waals surface area contributed by atoms with Crippen molar-refractivity contribution < 1.29 is 0 Å². The van der Waals surface area contributed by atoms with Gasteiger partial charge in [-0.25, -0.2) is 4.98 Å². The number of hydrogen-bond donors (Lipinski definition) is 1. The fraction of sp³-hybridized carbons (Fsp3) is 0.588. The first-order valence-corrected chi connectivity index (χ1v) is 8.25. The van der Waals surface area contributed by atoms with Gasteiger partial charge in [0.15, 0.2) is 5.82 Å². The number of imidazole rings is 1. The molecule has 1 aliphatic heterocycles. The average molecular weight is 286 g/mol. The lowest BCUT2D eigenvalue weighted by atomic mass is 10.0. The Bertz CT molecular complexity index is 589. The topological polar surface area (TPSA) is 32.6 Å². The van der Waals surface area contributed by atoms with Crippen molar-refractivity contribution in [3.63, 3.8) is 0 Å². The monoisotopic (exact) mass is 286 g/mol. The van der Waals surface area contributed by atoms with E-state index in [1.165, 1.54) is 30.8 Å². The van der Waals surface area contributed by atoms with Crippen molar-refractivity contribution in [1.82, 2.24) is 14.7 Å². The van der Waals surface area contributed by atoms with E-state index in [0.717, 1.165) is 37.7 Å². The highest BCUT2D eigenvalue weighted by atomic mass is 15.2. The molecule has 3 rings (SSSR count). The van der Waals surface area contributed by atoms with Crippen LogP contribution in [0.3, 0.4) is 0 Å². The molecule has 0 amide bonds. The van der Waals surface area contributed by atoms with Crippen molar-refractivity contribution in [2.75, 3.05) is 24.5 Å². The van der Waals surface area contributed by atoms with Crippen LogP contribution in [0, 0.1) is 5.92 Å². The lowest BCUT2D eigenvalue weighted by Gasteiger charge is -2.18. The second kappa shape index (κ2) is 6.48. The molecule has 0 spiro atoms. The normalized spacial score (nSPS) is 18.8. The summed E-state index contributed by atoms with van der Waals surface area (Å²) in [5, 5.41) is 3.46. The third-order valence-electron chi connectivity index (χ3n) is 4.43. The van der Waals surface area contributed by atoms with Crippen molar-refractivity contribution in [1.29, 1.82) is 0 Å². The minimum absolute atomic E-state index is 0.840. The fourth-order valence-electron chi connectivity index (χ4n) is 3.36. The zero-order chi connectivity index (χ0) is 14.7. The van der Waals surface area contributed by atoms with Crippen LogP contribution >= 0.6 is 0 Å². The molecule has 1 aliphatic rings. The molecule has 1 unspecified atom stereocenters. The van der Waals surface area contributed by atoms with E-state index >= 15 is 0 Å². The summed E-state index contributed by atoms with van der Waals surface area (Å²) in [7, 11) is 0. The smallest absolute Gasteiger partial charge is 0.152 e. The van der Waals surface area contributed by atoms with E-state index in [2.05, 4.69) is 52.9 Å². The molecule has 4 nitrogen and oxygen atoms in total. The van der Waals surface area contributed by atoms with E-state index in [9.17, 15) is 0 Å². The van der Waals surface area contributed by atoms with E-state index in [4.69, 9.17) is 4.98 Å². The minimum atomic E-state index is 0.840. The number of hydrogen-bond acceptors (Lipinski definition) is 3. The molecule has 2 aromatic rings. The number of anilines is 1. The maximum absolute atomic E-state index is 4.89. The van der Waals surface area contributed by atoms with Crippen LogP contribution in [0.1, 0.15) is 38.8 Å². The Morgan fingerprint density at radius 1 is 1.33 bits per heavy atom. The van der Waals surface area contributed by atoms with Crippen molar-refractivity contribution in [3.8, 4) is 0 Å². The van der Waals surface area contributed by atoms with Gasteiger partial charge in [-0.3, -0.25) is 0 Å². The Balaban J connectivity index is 1.90. The lowest BCUT2D eigenvalue weighted by Crippen LogP contribution is -2.23. The van der Waals surface area contributed by atoms with Gasteiger partial charge in [0.05, 0.1) is 5.69 Å². The van der Waals surface area contributed by atoms with E-state index in [1.807, 2.05) is 0 Å². The molecule has 0 aromatic carbocycles. The summed E-state index contributed by atoms with van der Waals surface area (Å²) in [4.78, 5) is 7.38. The average Bonchev–Trinajstić information content (AvgIpc) is 3.09. The predicted octanol–water partition coefficient (Wildman–Crippen LogP) is 3.07. The number of rotatable bonds is 6. The Kier molecular flexibility index (Phi) is 4.44. The molecular formula is C17H26N4. The highest BCUT2D eigenvalue weighted by Gasteiger charge is 2.26. The summed E-state index contributed by atoms with van der Waals surface area (Å²) in [6.07, 6.45) is 6.06. The standard InChI is InChI=1S/C17H26N4/c1-3-7-14-9-11-20(13-14)17-15(12-18-4-2)21-10-6-5-8-16(21)19-17/h5-6,8,10,14,18H,3-4,7,9,11-13H2,1-2H3. The summed E-state index contributed by atoms with van der Waals surface area (Å²) in [6.45, 7) is 8.61. The molecule has 0 radical (unpaired) electrons. The molecule has 4 heteroatoms. The largest absolute Gasteiger partial charge is 0.355 e. The van der Waals surface area contributed by atoms with Crippen LogP contribution < -0.4 is 10.2 Å². The van der Waals surface area contributed by atoms with Gasteiger partial charge in [0.25, 0.3) is 0 Å². The summed E-state index contributed by atoms with van der Waals surface area (Å²) >= 11 is 0. The first kappa shape index (κ1) is 14.4. The van der Waals surface area contributed by atoms with Crippen LogP contribution in [0.2, 0.25) is 0 Å². The van der Waals surface area contributed by atoms with Crippen molar-refractivity contribution in [2.24, 2.45) is 5.92 Å². The highest BCUT2D eigenvalue weighted by Crippen LogP contribution is 2.29.